The topological polar surface area (TPSA) is 25.2 Å². The average molecular weight is 300 g/mol. The molecular weight excluding hydrogens is 286 g/mol. The van der Waals surface area contributed by atoms with Crippen molar-refractivity contribution in [2.75, 3.05) is 7.05 Å². The smallest absolute Gasteiger partial charge is 0.121 e. The zero-order valence-corrected chi connectivity index (χ0v) is 11.7. The fourth-order valence-corrected chi connectivity index (χ4v) is 3.20. The summed E-state index contributed by atoms with van der Waals surface area (Å²) in [5.74, 6) is 1.96. The van der Waals surface area contributed by atoms with Gasteiger partial charge in [-0.05, 0) is 53.5 Å². The quantitative estimate of drug-likeness (QED) is 0.926. The van der Waals surface area contributed by atoms with Gasteiger partial charge in [-0.3, -0.25) is 0 Å². The van der Waals surface area contributed by atoms with E-state index in [1.807, 2.05) is 26.1 Å². The molecule has 2 rings (SSSR count). The number of hydrogen-bond donors (Lipinski definition) is 1. The van der Waals surface area contributed by atoms with Gasteiger partial charge in [-0.25, -0.2) is 0 Å². The lowest BCUT2D eigenvalue weighted by molar-refractivity contribution is 0.415. The normalized spacial score (nSPS) is 12.9. The molecule has 0 aliphatic carbocycles. The standard InChI is InChI=1S/C12H14BrNOS/c1-8-3-4-11(15-8)10(14-2)7-12-9(13)5-6-16-12/h3-6,10,14H,7H2,1-2H3. The van der Waals surface area contributed by atoms with Gasteiger partial charge < -0.3 is 9.73 Å². The molecule has 86 valence electrons. The van der Waals surface area contributed by atoms with E-state index in [1.165, 1.54) is 9.35 Å². The van der Waals surface area contributed by atoms with Crippen LogP contribution in [-0.2, 0) is 6.42 Å². The van der Waals surface area contributed by atoms with Gasteiger partial charge in [0, 0.05) is 15.8 Å². The first kappa shape index (κ1) is 11.9. The zero-order chi connectivity index (χ0) is 11.5. The molecule has 0 bridgehead atoms. The van der Waals surface area contributed by atoms with Gasteiger partial charge in [-0.1, -0.05) is 0 Å². The Balaban J connectivity index is 2.15. The van der Waals surface area contributed by atoms with Crippen molar-refractivity contribution in [3.05, 3.63) is 44.4 Å². The molecule has 4 heteroatoms. The van der Waals surface area contributed by atoms with Gasteiger partial charge in [0.2, 0.25) is 0 Å². The summed E-state index contributed by atoms with van der Waals surface area (Å²) in [4.78, 5) is 1.34. The fraction of sp³-hybridized carbons (Fsp3) is 0.333. The minimum Gasteiger partial charge on any atom is -0.465 e. The molecule has 2 aromatic heterocycles. The maximum atomic E-state index is 5.65. The minimum absolute atomic E-state index is 0.239. The van der Waals surface area contributed by atoms with E-state index in [9.17, 15) is 0 Å². The lowest BCUT2D eigenvalue weighted by Crippen LogP contribution is -2.17. The predicted molar refractivity (Wildman–Crippen MR) is 71.0 cm³/mol. The van der Waals surface area contributed by atoms with E-state index in [0.29, 0.717) is 0 Å². The number of halogens is 1. The second kappa shape index (κ2) is 5.17. The van der Waals surface area contributed by atoms with Crippen molar-refractivity contribution in [2.24, 2.45) is 0 Å². The Hall–Kier alpha value is -0.580. The first-order chi connectivity index (χ1) is 7.70. The molecule has 0 aliphatic rings. The Morgan fingerprint density at radius 1 is 1.44 bits per heavy atom. The molecule has 0 fully saturated rings. The third-order valence-corrected chi connectivity index (χ3v) is 4.48. The number of likely N-dealkylation sites (N-methyl/N-ethyl adjacent to an activating group) is 1. The highest BCUT2D eigenvalue weighted by Gasteiger charge is 2.15. The molecule has 1 unspecified atom stereocenters. The van der Waals surface area contributed by atoms with E-state index in [4.69, 9.17) is 4.42 Å². The summed E-state index contributed by atoms with van der Waals surface area (Å²) in [6, 6.07) is 6.37. The highest BCUT2D eigenvalue weighted by atomic mass is 79.9. The van der Waals surface area contributed by atoms with Gasteiger partial charge >= 0.3 is 0 Å². The molecule has 1 atom stereocenters. The van der Waals surface area contributed by atoms with Crippen LogP contribution in [0.15, 0.2) is 32.5 Å². The molecule has 0 saturated carbocycles. The molecule has 0 radical (unpaired) electrons. The lowest BCUT2D eigenvalue weighted by atomic mass is 10.1. The summed E-state index contributed by atoms with van der Waals surface area (Å²) in [7, 11) is 1.96. The Bertz CT molecular complexity index is 463. The predicted octanol–water partition coefficient (Wildman–Crippen LogP) is 3.92. The average Bonchev–Trinajstić information content (AvgIpc) is 2.85. The molecule has 1 N–H and O–H groups in total. The Morgan fingerprint density at radius 3 is 2.75 bits per heavy atom. The molecule has 2 heterocycles. The van der Waals surface area contributed by atoms with Crippen LogP contribution in [-0.4, -0.2) is 7.05 Å². The van der Waals surface area contributed by atoms with Gasteiger partial charge in [-0.15, -0.1) is 11.3 Å². The van der Waals surface area contributed by atoms with Crippen LogP contribution in [0.3, 0.4) is 0 Å². The van der Waals surface area contributed by atoms with Crippen molar-refractivity contribution in [2.45, 2.75) is 19.4 Å². The van der Waals surface area contributed by atoms with Crippen LogP contribution in [0.25, 0.3) is 0 Å². The fourth-order valence-electron chi connectivity index (χ4n) is 1.64. The highest BCUT2D eigenvalue weighted by molar-refractivity contribution is 9.10. The number of furan rings is 1. The molecule has 16 heavy (non-hydrogen) atoms. The van der Waals surface area contributed by atoms with E-state index >= 15 is 0 Å². The molecule has 0 saturated heterocycles. The SMILES string of the molecule is CNC(Cc1sccc1Br)c1ccc(C)o1. The number of aryl methyl sites for hydroxylation is 1. The number of thiophene rings is 1. The van der Waals surface area contributed by atoms with Gasteiger partial charge in [0.15, 0.2) is 0 Å². The summed E-state index contributed by atoms with van der Waals surface area (Å²) < 4.78 is 6.83. The lowest BCUT2D eigenvalue weighted by Gasteiger charge is -2.12. The van der Waals surface area contributed by atoms with E-state index in [1.54, 1.807) is 11.3 Å². The van der Waals surface area contributed by atoms with Crippen LogP contribution >= 0.6 is 27.3 Å². The van der Waals surface area contributed by atoms with E-state index in [-0.39, 0.29) is 6.04 Å². The Kier molecular flexibility index (Phi) is 3.84. The second-order valence-corrected chi connectivity index (χ2v) is 5.54. The van der Waals surface area contributed by atoms with Crippen molar-refractivity contribution in [3.8, 4) is 0 Å². The maximum Gasteiger partial charge on any atom is 0.121 e. The van der Waals surface area contributed by atoms with Gasteiger partial charge in [0.1, 0.15) is 11.5 Å². The molecule has 0 aliphatic heterocycles. The third-order valence-electron chi connectivity index (χ3n) is 2.53. The van der Waals surface area contributed by atoms with E-state index < -0.39 is 0 Å². The summed E-state index contributed by atoms with van der Waals surface area (Å²) in [5, 5.41) is 5.39. The van der Waals surface area contributed by atoms with Gasteiger partial charge in [-0.2, -0.15) is 0 Å². The molecular formula is C12H14BrNOS. The van der Waals surface area contributed by atoms with Crippen molar-refractivity contribution in [1.82, 2.24) is 5.32 Å². The van der Waals surface area contributed by atoms with Crippen LogP contribution in [0.1, 0.15) is 22.4 Å². The van der Waals surface area contributed by atoms with Crippen LogP contribution in [0.4, 0.5) is 0 Å². The maximum absolute atomic E-state index is 5.65. The Labute approximate surface area is 108 Å². The summed E-state index contributed by atoms with van der Waals surface area (Å²) >= 11 is 5.32. The van der Waals surface area contributed by atoms with Gasteiger partial charge in [0.25, 0.3) is 0 Å². The van der Waals surface area contributed by atoms with Crippen LogP contribution < -0.4 is 5.32 Å². The number of rotatable bonds is 4. The zero-order valence-electron chi connectivity index (χ0n) is 9.29. The van der Waals surface area contributed by atoms with Crippen LogP contribution in [0.2, 0.25) is 0 Å². The molecule has 0 aromatic carbocycles. The second-order valence-electron chi connectivity index (χ2n) is 3.69. The Morgan fingerprint density at radius 2 is 2.25 bits per heavy atom. The first-order valence-corrected chi connectivity index (χ1v) is 6.83. The van der Waals surface area contributed by atoms with E-state index in [2.05, 4.69) is 32.7 Å². The van der Waals surface area contributed by atoms with Crippen LogP contribution in [0.5, 0.6) is 0 Å². The van der Waals surface area contributed by atoms with Crippen LogP contribution in [0, 0.1) is 6.92 Å². The van der Waals surface area contributed by atoms with Crippen molar-refractivity contribution < 1.29 is 4.42 Å². The number of nitrogens with one attached hydrogen (secondary N) is 1. The third kappa shape index (κ3) is 2.56. The summed E-state index contributed by atoms with van der Waals surface area (Å²) in [6.45, 7) is 1.97. The molecule has 0 spiro atoms. The first-order valence-electron chi connectivity index (χ1n) is 5.16. The monoisotopic (exact) mass is 299 g/mol. The molecule has 2 nitrogen and oxygen atoms in total. The minimum atomic E-state index is 0.239. The van der Waals surface area contributed by atoms with Crippen molar-refractivity contribution >= 4 is 27.3 Å². The van der Waals surface area contributed by atoms with E-state index in [0.717, 1.165) is 17.9 Å². The summed E-state index contributed by atoms with van der Waals surface area (Å²) in [5.41, 5.74) is 0. The molecule has 2 aromatic rings. The van der Waals surface area contributed by atoms with Crippen molar-refractivity contribution in [1.29, 1.82) is 0 Å². The molecule has 0 amide bonds. The number of hydrogen-bond acceptors (Lipinski definition) is 3. The van der Waals surface area contributed by atoms with Crippen molar-refractivity contribution in [3.63, 3.8) is 0 Å². The highest BCUT2D eigenvalue weighted by Crippen LogP contribution is 2.28. The van der Waals surface area contributed by atoms with Gasteiger partial charge in [0.05, 0.1) is 6.04 Å². The summed E-state index contributed by atoms with van der Waals surface area (Å²) in [6.07, 6.45) is 0.946. The largest absolute Gasteiger partial charge is 0.465 e.